The minimum Gasteiger partial charge on any atom is -0.497 e. The Labute approximate surface area is 171 Å². The summed E-state index contributed by atoms with van der Waals surface area (Å²) >= 11 is 0. The lowest BCUT2D eigenvalue weighted by atomic mass is 9.90. The van der Waals surface area contributed by atoms with Crippen LogP contribution < -0.4 is 9.47 Å². The first kappa shape index (κ1) is 21.1. The normalized spacial score (nSPS) is 16.3. The number of aromatic carboxylic acids is 1. The molecule has 2 aromatic carbocycles. The van der Waals surface area contributed by atoms with Crippen LogP contribution in [-0.2, 0) is 6.42 Å². The summed E-state index contributed by atoms with van der Waals surface area (Å²) < 4.78 is 10.8. The summed E-state index contributed by atoms with van der Waals surface area (Å²) in [6.45, 7) is 2.64. The fourth-order valence-corrected chi connectivity index (χ4v) is 3.73. The van der Waals surface area contributed by atoms with E-state index in [9.17, 15) is 9.90 Å². The van der Waals surface area contributed by atoms with Crippen molar-refractivity contribution in [2.24, 2.45) is 5.92 Å². The molecule has 0 saturated carbocycles. The van der Waals surface area contributed by atoms with Gasteiger partial charge in [-0.15, -0.1) is 0 Å². The first-order valence-electron chi connectivity index (χ1n) is 10.0. The molecule has 0 radical (unpaired) electrons. The maximum atomic E-state index is 11.0. The van der Waals surface area contributed by atoms with Crippen LogP contribution in [0.5, 0.6) is 11.5 Å². The number of carbonyl (C=O) groups is 1. The molecule has 1 unspecified atom stereocenters. The molecule has 0 bridgehead atoms. The van der Waals surface area contributed by atoms with Crippen molar-refractivity contribution in [2.75, 3.05) is 33.4 Å². The number of piperidine rings is 1. The molecule has 1 aliphatic rings. The lowest BCUT2D eigenvalue weighted by Crippen LogP contribution is -2.41. The quantitative estimate of drug-likeness (QED) is 0.675. The minimum atomic E-state index is -0.992. The topological polar surface area (TPSA) is 79.2 Å². The van der Waals surface area contributed by atoms with Crippen molar-refractivity contribution in [3.63, 3.8) is 0 Å². The Morgan fingerprint density at radius 3 is 2.52 bits per heavy atom. The third-order valence-electron chi connectivity index (χ3n) is 5.38. The van der Waals surface area contributed by atoms with E-state index in [1.54, 1.807) is 19.2 Å². The van der Waals surface area contributed by atoms with Gasteiger partial charge in [0.15, 0.2) is 0 Å². The average molecular weight is 399 g/mol. The number of aliphatic hydroxyl groups is 1. The highest BCUT2D eigenvalue weighted by Gasteiger charge is 2.21. The predicted molar refractivity (Wildman–Crippen MR) is 111 cm³/mol. The minimum absolute atomic E-state index is 0.148. The predicted octanol–water partition coefficient (Wildman–Crippen LogP) is 3.09. The molecule has 1 atom stereocenters. The molecule has 6 nitrogen and oxygen atoms in total. The highest BCUT2D eigenvalue weighted by molar-refractivity contribution is 5.87. The highest BCUT2D eigenvalue weighted by Crippen LogP contribution is 2.23. The number of aliphatic hydroxyl groups excluding tert-OH is 1. The summed E-state index contributed by atoms with van der Waals surface area (Å²) in [7, 11) is 1.68. The van der Waals surface area contributed by atoms with Gasteiger partial charge in [0.1, 0.15) is 24.2 Å². The van der Waals surface area contributed by atoms with Crippen LogP contribution in [0.15, 0.2) is 48.5 Å². The number of hydrogen-bond donors (Lipinski definition) is 2. The summed E-state index contributed by atoms with van der Waals surface area (Å²) in [5.74, 6) is 1.01. The number of carboxylic acid groups (broad SMARTS) is 1. The second kappa shape index (κ2) is 10.3. The number of nitrogens with zero attached hydrogens (tertiary/aromatic N) is 1. The van der Waals surface area contributed by atoms with Gasteiger partial charge in [0, 0.05) is 6.54 Å². The molecule has 1 heterocycles. The molecule has 0 amide bonds. The summed E-state index contributed by atoms with van der Waals surface area (Å²) in [5, 5.41) is 19.3. The molecule has 6 heteroatoms. The molecule has 156 valence electrons. The summed E-state index contributed by atoms with van der Waals surface area (Å²) in [6.07, 6.45) is 2.69. The highest BCUT2D eigenvalue weighted by atomic mass is 16.5. The van der Waals surface area contributed by atoms with Gasteiger partial charge in [0.2, 0.25) is 0 Å². The summed E-state index contributed by atoms with van der Waals surface area (Å²) in [6, 6.07) is 14.6. The summed E-state index contributed by atoms with van der Waals surface area (Å²) in [4.78, 5) is 13.3. The number of methoxy groups -OCH3 is 1. The molecule has 1 saturated heterocycles. The maximum Gasteiger partial charge on any atom is 0.335 e. The van der Waals surface area contributed by atoms with Crippen LogP contribution in [0.3, 0.4) is 0 Å². The largest absolute Gasteiger partial charge is 0.497 e. The van der Waals surface area contributed by atoms with Crippen LogP contribution in [-0.4, -0.2) is 60.5 Å². The third-order valence-corrected chi connectivity index (χ3v) is 5.38. The zero-order chi connectivity index (χ0) is 20.6. The van der Waals surface area contributed by atoms with Crippen LogP contribution in [0.25, 0.3) is 0 Å². The van der Waals surface area contributed by atoms with Crippen molar-refractivity contribution in [2.45, 2.75) is 25.4 Å². The van der Waals surface area contributed by atoms with Crippen molar-refractivity contribution in [1.29, 1.82) is 0 Å². The van der Waals surface area contributed by atoms with Crippen LogP contribution in [0.1, 0.15) is 28.8 Å². The lowest BCUT2D eigenvalue weighted by molar-refractivity contribution is 0.0549. The van der Waals surface area contributed by atoms with Crippen LogP contribution in [0.4, 0.5) is 0 Å². The number of ether oxygens (including phenoxy) is 2. The number of hydrogen-bond acceptors (Lipinski definition) is 5. The Morgan fingerprint density at radius 1 is 1.14 bits per heavy atom. The van der Waals surface area contributed by atoms with E-state index in [0.29, 0.717) is 18.2 Å². The van der Waals surface area contributed by atoms with Crippen molar-refractivity contribution in [3.05, 3.63) is 59.7 Å². The molecule has 2 N–H and O–H groups in total. The van der Waals surface area contributed by atoms with Gasteiger partial charge in [-0.25, -0.2) is 4.79 Å². The van der Waals surface area contributed by atoms with Crippen LogP contribution >= 0.6 is 0 Å². The van der Waals surface area contributed by atoms with Gasteiger partial charge >= 0.3 is 5.97 Å². The van der Waals surface area contributed by atoms with Crippen molar-refractivity contribution in [1.82, 2.24) is 4.90 Å². The number of carboxylic acids is 1. The van der Waals surface area contributed by atoms with E-state index < -0.39 is 12.1 Å². The standard InChI is InChI=1S/C23H29NO5/c1-28-21-7-5-17(6-8-21)13-18-9-11-24(12-10-18)15-20(25)16-29-22-4-2-3-19(14-22)23(26)27/h2-8,14,18,20,25H,9-13,15-16H2,1H3,(H,26,27). The maximum absolute atomic E-state index is 11.0. The molecular formula is C23H29NO5. The van der Waals surface area contributed by atoms with Gasteiger partial charge in [0.25, 0.3) is 0 Å². The van der Waals surface area contributed by atoms with Gasteiger partial charge < -0.3 is 24.6 Å². The zero-order valence-electron chi connectivity index (χ0n) is 16.8. The van der Waals surface area contributed by atoms with Crippen molar-refractivity contribution >= 4 is 5.97 Å². The molecule has 0 aromatic heterocycles. The van der Waals surface area contributed by atoms with Gasteiger partial charge in [-0.3, -0.25) is 0 Å². The second-order valence-electron chi connectivity index (χ2n) is 7.59. The Bertz CT molecular complexity index is 784. The third kappa shape index (κ3) is 6.48. The van der Waals surface area contributed by atoms with Gasteiger partial charge in [-0.1, -0.05) is 18.2 Å². The van der Waals surface area contributed by atoms with E-state index in [0.717, 1.165) is 38.1 Å². The molecule has 3 rings (SSSR count). The molecule has 1 aliphatic heterocycles. The molecule has 1 fully saturated rings. The molecule has 2 aromatic rings. The first-order chi connectivity index (χ1) is 14.0. The Kier molecular flexibility index (Phi) is 7.49. The Morgan fingerprint density at radius 2 is 1.86 bits per heavy atom. The second-order valence-corrected chi connectivity index (χ2v) is 7.59. The van der Waals surface area contributed by atoms with Crippen molar-refractivity contribution < 1.29 is 24.5 Å². The van der Waals surface area contributed by atoms with Crippen LogP contribution in [0.2, 0.25) is 0 Å². The van der Waals surface area contributed by atoms with Crippen LogP contribution in [0, 0.1) is 5.92 Å². The molecule has 0 spiro atoms. The smallest absolute Gasteiger partial charge is 0.335 e. The van der Waals surface area contributed by atoms with E-state index in [-0.39, 0.29) is 12.2 Å². The number of benzene rings is 2. The van der Waals surface area contributed by atoms with Crippen molar-refractivity contribution in [3.8, 4) is 11.5 Å². The van der Waals surface area contributed by atoms with Gasteiger partial charge in [-0.2, -0.15) is 0 Å². The van der Waals surface area contributed by atoms with E-state index in [1.807, 2.05) is 12.1 Å². The molecule has 29 heavy (non-hydrogen) atoms. The monoisotopic (exact) mass is 399 g/mol. The Hall–Kier alpha value is -2.57. The molecule has 0 aliphatic carbocycles. The SMILES string of the molecule is COc1ccc(CC2CCN(CC(O)COc3cccc(C(=O)O)c3)CC2)cc1. The van der Waals surface area contributed by atoms with E-state index >= 15 is 0 Å². The fraction of sp³-hybridized carbons (Fsp3) is 0.435. The van der Waals surface area contributed by atoms with E-state index in [2.05, 4.69) is 17.0 Å². The van der Waals surface area contributed by atoms with E-state index in [4.69, 9.17) is 14.6 Å². The average Bonchev–Trinajstić information content (AvgIpc) is 2.74. The summed E-state index contributed by atoms with van der Waals surface area (Å²) in [5.41, 5.74) is 1.51. The lowest BCUT2D eigenvalue weighted by Gasteiger charge is -2.33. The zero-order valence-corrected chi connectivity index (χ0v) is 16.8. The van der Waals surface area contributed by atoms with Gasteiger partial charge in [0.05, 0.1) is 12.7 Å². The fourth-order valence-electron chi connectivity index (χ4n) is 3.73. The van der Waals surface area contributed by atoms with E-state index in [1.165, 1.54) is 17.7 Å². The Balaban J connectivity index is 1.38. The molecular weight excluding hydrogens is 370 g/mol. The number of likely N-dealkylation sites (tertiary alicyclic amines) is 1. The number of rotatable bonds is 9. The number of β-amino-alcohol motifs (C(OH)–C–C–N with tert-alkyl or cyclic N) is 1. The van der Waals surface area contributed by atoms with Gasteiger partial charge in [-0.05, 0) is 74.2 Å². The first-order valence-corrected chi connectivity index (χ1v) is 10.0.